The molecule has 0 aliphatic heterocycles. The number of anilines is 1. The summed E-state index contributed by atoms with van der Waals surface area (Å²) in [6, 6.07) is 3.60. The standard InChI is InChI=1S/C10H13BrN2O2/c1-6(2)12-9-4-7(3)10(13(14)15)5-8(9)11/h4-6,12H,1-3H3. The lowest BCUT2D eigenvalue weighted by atomic mass is 10.1. The lowest BCUT2D eigenvalue weighted by Gasteiger charge is -2.12. The van der Waals surface area contributed by atoms with Gasteiger partial charge in [0, 0.05) is 27.8 Å². The number of nitrogens with one attached hydrogen (secondary N) is 1. The summed E-state index contributed by atoms with van der Waals surface area (Å²) in [7, 11) is 0. The maximum atomic E-state index is 10.7. The van der Waals surface area contributed by atoms with Crippen molar-refractivity contribution in [2.45, 2.75) is 26.8 Å². The Morgan fingerprint density at radius 1 is 1.47 bits per heavy atom. The lowest BCUT2D eigenvalue weighted by Crippen LogP contribution is -2.10. The number of rotatable bonds is 3. The molecule has 1 aromatic carbocycles. The van der Waals surface area contributed by atoms with E-state index in [-0.39, 0.29) is 10.6 Å². The zero-order valence-corrected chi connectivity index (χ0v) is 10.5. The molecule has 0 fully saturated rings. The third-order valence-electron chi connectivity index (χ3n) is 1.93. The molecule has 1 rings (SSSR count). The van der Waals surface area contributed by atoms with Gasteiger partial charge in [0.1, 0.15) is 0 Å². The number of benzene rings is 1. The molecule has 5 heteroatoms. The van der Waals surface area contributed by atoms with Crippen molar-refractivity contribution in [1.29, 1.82) is 0 Å². The van der Waals surface area contributed by atoms with Crippen molar-refractivity contribution in [3.8, 4) is 0 Å². The van der Waals surface area contributed by atoms with E-state index in [1.54, 1.807) is 13.0 Å². The van der Waals surface area contributed by atoms with E-state index in [0.29, 0.717) is 16.1 Å². The number of hydrogen-bond acceptors (Lipinski definition) is 3. The number of nitro groups is 1. The second kappa shape index (κ2) is 4.61. The monoisotopic (exact) mass is 272 g/mol. The molecule has 0 aliphatic rings. The molecule has 0 bridgehead atoms. The first-order valence-corrected chi connectivity index (χ1v) is 5.42. The summed E-state index contributed by atoms with van der Waals surface area (Å²) in [6.45, 7) is 5.77. The maximum absolute atomic E-state index is 10.7. The molecule has 0 aromatic heterocycles. The van der Waals surface area contributed by atoms with Crippen molar-refractivity contribution in [3.05, 3.63) is 32.3 Å². The van der Waals surface area contributed by atoms with Gasteiger partial charge < -0.3 is 5.32 Å². The zero-order valence-electron chi connectivity index (χ0n) is 8.87. The van der Waals surface area contributed by atoms with Crippen LogP contribution in [-0.4, -0.2) is 11.0 Å². The fourth-order valence-electron chi connectivity index (χ4n) is 1.29. The third-order valence-corrected chi connectivity index (χ3v) is 2.58. The summed E-state index contributed by atoms with van der Waals surface area (Å²) >= 11 is 3.31. The van der Waals surface area contributed by atoms with E-state index in [9.17, 15) is 10.1 Å². The predicted octanol–water partition coefficient (Wildman–Crippen LogP) is 3.49. The summed E-state index contributed by atoms with van der Waals surface area (Å²) in [6.07, 6.45) is 0. The summed E-state index contributed by atoms with van der Waals surface area (Å²) in [4.78, 5) is 10.3. The Hall–Kier alpha value is -1.10. The molecule has 0 aliphatic carbocycles. The minimum atomic E-state index is -0.376. The number of nitro benzene ring substituents is 1. The molecule has 0 amide bonds. The van der Waals surface area contributed by atoms with E-state index in [2.05, 4.69) is 21.2 Å². The topological polar surface area (TPSA) is 55.2 Å². The Kier molecular flexibility index (Phi) is 3.68. The molecule has 0 saturated heterocycles. The average Bonchev–Trinajstić information content (AvgIpc) is 2.09. The van der Waals surface area contributed by atoms with E-state index >= 15 is 0 Å². The maximum Gasteiger partial charge on any atom is 0.273 e. The number of hydrogen-bond donors (Lipinski definition) is 1. The van der Waals surface area contributed by atoms with Gasteiger partial charge in [-0.05, 0) is 42.8 Å². The highest BCUT2D eigenvalue weighted by molar-refractivity contribution is 9.10. The molecule has 0 spiro atoms. The van der Waals surface area contributed by atoms with Gasteiger partial charge in [0.15, 0.2) is 0 Å². The van der Waals surface area contributed by atoms with Crippen LogP contribution in [0.3, 0.4) is 0 Å². The van der Waals surface area contributed by atoms with Crippen molar-refractivity contribution in [2.75, 3.05) is 5.32 Å². The first kappa shape index (κ1) is 12.0. The summed E-state index contributed by atoms with van der Waals surface area (Å²) in [5, 5.41) is 13.9. The van der Waals surface area contributed by atoms with Crippen LogP contribution >= 0.6 is 15.9 Å². The number of halogens is 1. The number of aryl methyl sites for hydroxylation is 1. The predicted molar refractivity (Wildman–Crippen MR) is 64.3 cm³/mol. The molecule has 15 heavy (non-hydrogen) atoms. The normalized spacial score (nSPS) is 10.5. The second-order valence-electron chi connectivity index (χ2n) is 3.67. The Morgan fingerprint density at radius 3 is 2.53 bits per heavy atom. The third kappa shape index (κ3) is 2.92. The second-order valence-corrected chi connectivity index (χ2v) is 4.53. The fourth-order valence-corrected chi connectivity index (χ4v) is 1.74. The van der Waals surface area contributed by atoms with Crippen molar-refractivity contribution in [2.24, 2.45) is 0 Å². The highest BCUT2D eigenvalue weighted by atomic mass is 79.9. The van der Waals surface area contributed by atoms with Crippen LogP contribution in [0, 0.1) is 17.0 Å². The van der Waals surface area contributed by atoms with E-state index in [0.717, 1.165) is 5.69 Å². The van der Waals surface area contributed by atoms with Gasteiger partial charge in [0.2, 0.25) is 0 Å². The van der Waals surface area contributed by atoms with Crippen LogP contribution in [0.25, 0.3) is 0 Å². The average molecular weight is 273 g/mol. The zero-order chi connectivity index (χ0) is 11.6. The van der Waals surface area contributed by atoms with Gasteiger partial charge in [-0.3, -0.25) is 10.1 Å². The molecule has 0 atom stereocenters. The summed E-state index contributed by atoms with van der Waals surface area (Å²) in [5.74, 6) is 0. The van der Waals surface area contributed by atoms with Gasteiger partial charge in [0.25, 0.3) is 5.69 Å². The van der Waals surface area contributed by atoms with Crippen molar-refractivity contribution >= 4 is 27.3 Å². The Morgan fingerprint density at radius 2 is 2.07 bits per heavy atom. The van der Waals surface area contributed by atoms with Crippen LogP contribution in [0.4, 0.5) is 11.4 Å². The highest BCUT2D eigenvalue weighted by Gasteiger charge is 2.14. The highest BCUT2D eigenvalue weighted by Crippen LogP contribution is 2.30. The lowest BCUT2D eigenvalue weighted by molar-refractivity contribution is -0.385. The molecule has 0 unspecified atom stereocenters. The largest absolute Gasteiger partial charge is 0.382 e. The van der Waals surface area contributed by atoms with Crippen LogP contribution < -0.4 is 5.32 Å². The van der Waals surface area contributed by atoms with Gasteiger partial charge >= 0.3 is 0 Å². The molecule has 1 aromatic rings. The first-order valence-electron chi connectivity index (χ1n) is 4.63. The molecule has 4 nitrogen and oxygen atoms in total. The Balaban J connectivity index is 3.13. The first-order chi connectivity index (χ1) is 6.91. The van der Waals surface area contributed by atoms with Crippen LogP contribution in [0.15, 0.2) is 16.6 Å². The van der Waals surface area contributed by atoms with Crippen LogP contribution in [0.2, 0.25) is 0 Å². The van der Waals surface area contributed by atoms with E-state index in [4.69, 9.17) is 0 Å². The smallest absolute Gasteiger partial charge is 0.273 e. The summed E-state index contributed by atoms with van der Waals surface area (Å²) < 4.78 is 0.716. The minimum Gasteiger partial charge on any atom is -0.382 e. The SMILES string of the molecule is Cc1cc(NC(C)C)c(Br)cc1[N+](=O)[O-]. The number of nitrogens with zero attached hydrogens (tertiary/aromatic N) is 1. The quantitative estimate of drug-likeness (QED) is 0.677. The van der Waals surface area contributed by atoms with Gasteiger partial charge in [0.05, 0.1) is 4.92 Å². The molecular formula is C10H13BrN2O2. The molecule has 1 N–H and O–H groups in total. The van der Waals surface area contributed by atoms with Crippen LogP contribution in [0.1, 0.15) is 19.4 Å². The van der Waals surface area contributed by atoms with Gasteiger partial charge in [-0.15, -0.1) is 0 Å². The van der Waals surface area contributed by atoms with E-state index in [1.807, 2.05) is 13.8 Å². The Labute approximate surface area is 97.0 Å². The van der Waals surface area contributed by atoms with E-state index < -0.39 is 0 Å². The molecule has 82 valence electrons. The van der Waals surface area contributed by atoms with E-state index in [1.165, 1.54) is 6.07 Å². The molecule has 0 radical (unpaired) electrons. The fraction of sp³-hybridized carbons (Fsp3) is 0.400. The van der Waals surface area contributed by atoms with Crippen LogP contribution in [0.5, 0.6) is 0 Å². The summed E-state index contributed by atoms with van der Waals surface area (Å²) in [5.41, 5.74) is 1.68. The van der Waals surface area contributed by atoms with Crippen LogP contribution in [-0.2, 0) is 0 Å². The van der Waals surface area contributed by atoms with Crippen molar-refractivity contribution in [3.63, 3.8) is 0 Å². The molecule has 0 saturated carbocycles. The van der Waals surface area contributed by atoms with Gasteiger partial charge in [-0.25, -0.2) is 0 Å². The van der Waals surface area contributed by atoms with Gasteiger partial charge in [-0.2, -0.15) is 0 Å². The van der Waals surface area contributed by atoms with Gasteiger partial charge in [-0.1, -0.05) is 0 Å². The minimum absolute atomic E-state index is 0.135. The van der Waals surface area contributed by atoms with Crippen molar-refractivity contribution < 1.29 is 4.92 Å². The molecular weight excluding hydrogens is 260 g/mol. The van der Waals surface area contributed by atoms with Crippen molar-refractivity contribution in [1.82, 2.24) is 0 Å². The Bertz CT molecular complexity index is 391. The molecule has 0 heterocycles.